The summed E-state index contributed by atoms with van der Waals surface area (Å²) in [4.78, 5) is 2.57. The summed E-state index contributed by atoms with van der Waals surface area (Å²) >= 11 is 0. The maximum Gasteiger partial charge on any atom is 0.0236 e. The minimum absolute atomic E-state index is 0.555. The van der Waals surface area contributed by atoms with E-state index in [4.69, 9.17) is 0 Å². The Balaban J connectivity index is 1.59. The van der Waals surface area contributed by atoms with Gasteiger partial charge in [0, 0.05) is 32.2 Å². The molecule has 1 N–H and O–H groups in total. The Labute approximate surface area is 134 Å². The molecule has 116 valence electrons. The minimum atomic E-state index is 0.555. The Morgan fingerprint density at radius 1 is 1.00 bits per heavy atom. The standard InChI is InChI=1S/C20H26N2/c1-16-8-9-19(12-17(16)2)13-20-15-22(11-10-21-20)14-18-6-4-3-5-7-18/h3-9,12,20-21H,10-11,13-15H2,1-2H3/t20-/m1/s1. The highest BCUT2D eigenvalue weighted by atomic mass is 15.2. The summed E-state index contributed by atoms with van der Waals surface area (Å²) in [5.41, 5.74) is 5.64. The van der Waals surface area contributed by atoms with Gasteiger partial charge in [-0.1, -0.05) is 48.5 Å². The lowest BCUT2D eigenvalue weighted by molar-refractivity contribution is 0.192. The molecule has 0 aromatic heterocycles. The molecule has 1 fully saturated rings. The summed E-state index contributed by atoms with van der Waals surface area (Å²) in [7, 11) is 0. The molecule has 1 heterocycles. The fraction of sp³-hybridized carbons (Fsp3) is 0.400. The van der Waals surface area contributed by atoms with Crippen molar-refractivity contribution in [2.24, 2.45) is 0 Å². The fourth-order valence-electron chi connectivity index (χ4n) is 3.23. The molecule has 2 aromatic rings. The van der Waals surface area contributed by atoms with Gasteiger partial charge in [0.25, 0.3) is 0 Å². The first-order valence-corrected chi connectivity index (χ1v) is 8.26. The van der Waals surface area contributed by atoms with Crippen LogP contribution in [0.3, 0.4) is 0 Å². The van der Waals surface area contributed by atoms with Gasteiger partial charge in [-0.3, -0.25) is 4.90 Å². The third-order valence-electron chi connectivity index (χ3n) is 4.64. The normalized spacial score (nSPS) is 19.3. The Bertz CT molecular complexity index is 606. The number of rotatable bonds is 4. The molecule has 1 atom stereocenters. The zero-order chi connectivity index (χ0) is 15.4. The highest BCUT2D eigenvalue weighted by molar-refractivity contribution is 5.30. The van der Waals surface area contributed by atoms with Gasteiger partial charge in [-0.2, -0.15) is 0 Å². The Morgan fingerprint density at radius 3 is 2.59 bits per heavy atom. The summed E-state index contributed by atoms with van der Waals surface area (Å²) < 4.78 is 0. The second kappa shape index (κ2) is 7.08. The van der Waals surface area contributed by atoms with Crippen molar-refractivity contribution in [2.45, 2.75) is 32.9 Å². The van der Waals surface area contributed by atoms with E-state index in [2.05, 4.69) is 72.6 Å². The monoisotopic (exact) mass is 294 g/mol. The summed E-state index contributed by atoms with van der Waals surface area (Å²) in [5, 5.41) is 3.68. The SMILES string of the molecule is Cc1ccc(C[C@@H]2CN(Cc3ccccc3)CCN2)cc1C. The molecule has 1 aliphatic heterocycles. The average molecular weight is 294 g/mol. The van der Waals surface area contributed by atoms with Gasteiger partial charge < -0.3 is 5.32 Å². The smallest absolute Gasteiger partial charge is 0.0236 e. The third kappa shape index (κ3) is 3.96. The van der Waals surface area contributed by atoms with E-state index in [-0.39, 0.29) is 0 Å². The second-order valence-corrected chi connectivity index (χ2v) is 6.49. The molecule has 2 heteroatoms. The lowest BCUT2D eigenvalue weighted by Gasteiger charge is -2.34. The molecule has 22 heavy (non-hydrogen) atoms. The van der Waals surface area contributed by atoms with Crippen LogP contribution in [0.5, 0.6) is 0 Å². The van der Waals surface area contributed by atoms with Crippen molar-refractivity contribution < 1.29 is 0 Å². The highest BCUT2D eigenvalue weighted by Crippen LogP contribution is 2.14. The van der Waals surface area contributed by atoms with Crippen LogP contribution in [0, 0.1) is 13.8 Å². The molecule has 0 unspecified atom stereocenters. The van der Waals surface area contributed by atoms with Gasteiger partial charge in [0.1, 0.15) is 0 Å². The van der Waals surface area contributed by atoms with Gasteiger partial charge in [0.15, 0.2) is 0 Å². The maximum atomic E-state index is 3.68. The molecular formula is C20H26N2. The lowest BCUT2D eigenvalue weighted by atomic mass is 9.99. The van der Waals surface area contributed by atoms with Crippen molar-refractivity contribution in [3.8, 4) is 0 Å². The van der Waals surface area contributed by atoms with Crippen LogP contribution < -0.4 is 5.32 Å². The van der Waals surface area contributed by atoms with Gasteiger partial charge in [-0.15, -0.1) is 0 Å². The molecule has 0 radical (unpaired) electrons. The van der Waals surface area contributed by atoms with Crippen molar-refractivity contribution in [1.82, 2.24) is 10.2 Å². The molecule has 3 rings (SSSR count). The molecule has 0 amide bonds. The molecule has 0 bridgehead atoms. The largest absolute Gasteiger partial charge is 0.311 e. The number of hydrogen-bond donors (Lipinski definition) is 1. The molecule has 2 nitrogen and oxygen atoms in total. The lowest BCUT2D eigenvalue weighted by Crippen LogP contribution is -2.51. The van der Waals surface area contributed by atoms with Crippen molar-refractivity contribution in [3.05, 3.63) is 70.8 Å². The zero-order valence-corrected chi connectivity index (χ0v) is 13.7. The van der Waals surface area contributed by atoms with E-state index in [1.807, 2.05) is 0 Å². The van der Waals surface area contributed by atoms with Gasteiger partial charge in [0.05, 0.1) is 0 Å². The Kier molecular flexibility index (Phi) is 4.91. The van der Waals surface area contributed by atoms with Crippen molar-refractivity contribution in [1.29, 1.82) is 0 Å². The van der Waals surface area contributed by atoms with Crippen LogP contribution >= 0.6 is 0 Å². The van der Waals surface area contributed by atoms with Crippen LogP contribution in [-0.2, 0) is 13.0 Å². The Morgan fingerprint density at radius 2 is 1.82 bits per heavy atom. The van der Waals surface area contributed by atoms with E-state index in [0.29, 0.717) is 6.04 Å². The molecule has 2 aromatic carbocycles. The average Bonchev–Trinajstić information content (AvgIpc) is 2.52. The van der Waals surface area contributed by atoms with Crippen molar-refractivity contribution in [2.75, 3.05) is 19.6 Å². The van der Waals surface area contributed by atoms with Gasteiger partial charge >= 0.3 is 0 Å². The number of nitrogens with zero attached hydrogens (tertiary/aromatic N) is 1. The van der Waals surface area contributed by atoms with Crippen LogP contribution in [0.4, 0.5) is 0 Å². The highest BCUT2D eigenvalue weighted by Gasteiger charge is 2.19. The number of hydrogen-bond acceptors (Lipinski definition) is 2. The first-order valence-electron chi connectivity index (χ1n) is 8.26. The van der Waals surface area contributed by atoms with E-state index in [0.717, 1.165) is 32.6 Å². The van der Waals surface area contributed by atoms with Crippen molar-refractivity contribution in [3.63, 3.8) is 0 Å². The van der Waals surface area contributed by atoms with Crippen LogP contribution in [0.1, 0.15) is 22.3 Å². The topological polar surface area (TPSA) is 15.3 Å². The molecule has 0 aliphatic carbocycles. The first kappa shape index (κ1) is 15.3. The number of piperazine rings is 1. The zero-order valence-electron chi connectivity index (χ0n) is 13.7. The first-order chi connectivity index (χ1) is 10.7. The van der Waals surface area contributed by atoms with Crippen LogP contribution in [0.25, 0.3) is 0 Å². The predicted octanol–water partition coefficient (Wildman–Crippen LogP) is 3.32. The second-order valence-electron chi connectivity index (χ2n) is 6.49. The van der Waals surface area contributed by atoms with Crippen LogP contribution in [0.15, 0.2) is 48.5 Å². The van der Waals surface area contributed by atoms with Crippen molar-refractivity contribution >= 4 is 0 Å². The fourth-order valence-corrected chi connectivity index (χ4v) is 3.23. The molecular weight excluding hydrogens is 268 g/mol. The number of nitrogens with one attached hydrogen (secondary N) is 1. The Hall–Kier alpha value is -1.64. The summed E-state index contributed by atoms with van der Waals surface area (Å²) in [6.07, 6.45) is 1.12. The van der Waals surface area contributed by atoms with Gasteiger partial charge in [-0.25, -0.2) is 0 Å². The van der Waals surface area contributed by atoms with E-state index >= 15 is 0 Å². The minimum Gasteiger partial charge on any atom is -0.311 e. The summed E-state index contributed by atoms with van der Waals surface area (Å²) in [5.74, 6) is 0. The van der Waals surface area contributed by atoms with Gasteiger partial charge in [-0.05, 0) is 42.5 Å². The number of aryl methyl sites for hydroxylation is 2. The number of benzene rings is 2. The maximum absolute atomic E-state index is 3.68. The van der Waals surface area contributed by atoms with E-state index in [1.165, 1.54) is 22.3 Å². The van der Waals surface area contributed by atoms with Gasteiger partial charge in [0.2, 0.25) is 0 Å². The van der Waals surface area contributed by atoms with E-state index < -0.39 is 0 Å². The molecule has 1 saturated heterocycles. The van der Waals surface area contributed by atoms with Crippen LogP contribution in [0.2, 0.25) is 0 Å². The van der Waals surface area contributed by atoms with E-state index in [1.54, 1.807) is 0 Å². The summed E-state index contributed by atoms with van der Waals surface area (Å²) in [6.45, 7) is 8.79. The quantitative estimate of drug-likeness (QED) is 0.930. The van der Waals surface area contributed by atoms with Crippen LogP contribution in [-0.4, -0.2) is 30.6 Å². The third-order valence-corrected chi connectivity index (χ3v) is 4.64. The molecule has 1 aliphatic rings. The summed E-state index contributed by atoms with van der Waals surface area (Å²) in [6, 6.07) is 18.2. The molecule has 0 spiro atoms. The van der Waals surface area contributed by atoms with E-state index in [9.17, 15) is 0 Å². The predicted molar refractivity (Wildman–Crippen MR) is 93.1 cm³/mol. The molecule has 0 saturated carbocycles.